The first-order valence-corrected chi connectivity index (χ1v) is 8.19. The van der Waals surface area contributed by atoms with E-state index in [0.29, 0.717) is 6.42 Å². The second kappa shape index (κ2) is 7.00. The van der Waals surface area contributed by atoms with E-state index >= 15 is 0 Å². The summed E-state index contributed by atoms with van der Waals surface area (Å²) < 4.78 is 36.8. The smallest absolute Gasteiger partial charge is 0.389 e. The van der Waals surface area contributed by atoms with Gasteiger partial charge in [-0.25, -0.2) is 0 Å². The molecule has 1 aromatic carbocycles. The van der Waals surface area contributed by atoms with Crippen LogP contribution in [0, 0.1) is 5.92 Å². The number of carbonyl (C=O) groups excluding carboxylic acids is 1. The number of aliphatic hydroxyl groups excluding tert-OH is 1. The number of aliphatic hydroxyl groups is 1. The van der Waals surface area contributed by atoms with Gasteiger partial charge in [-0.3, -0.25) is 9.78 Å². The first kappa shape index (κ1) is 17.7. The zero-order chi connectivity index (χ0) is 18.0. The normalized spacial score (nSPS) is 21.0. The lowest BCUT2D eigenvalue weighted by molar-refractivity contribution is -0.148. The van der Waals surface area contributed by atoms with Crippen LogP contribution in [0.15, 0.2) is 36.5 Å². The summed E-state index contributed by atoms with van der Waals surface area (Å²) in [5.41, 5.74) is 1.87. The Balaban J connectivity index is 1.67. The molecule has 0 aliphatic carbocycles. The van der Waals surface area contributed by atoms with Crippen molar-refractivity contribution in [3.8, 4) is 0 Å². The Kier molecular flexibility index (Phi) is 4.94. The Labute approximate surface area is 143 Å². The van der Waals surface area contributed by atoms with E-state index in [1.54, 1.807) is 6.20 Å². The number of pyridine rings is 1. The van der Waals surface area contributed by atoms with Crippen LogP contribution in [0.25, 0.3) is 10.9 Å². The van der Waals surface area contributed by atoms with Crippen LogP contribution in [0.1, 0.15) is 18.4 Å². The van der Waals surface area contributed by atoms with Crippen molar-refractivity contribution in [1.82, 2.24) is 9.88 Å². The molecule has 4 nitrogen and oxygen atoms in total. The van der Waals surface area contributed by atoms with Gasteiger partial charge < -0.3 is 10.0 Å². The standard InChI is InChI=1S/C18H19F3N2O2/c19-18(20,21)7-5-17(25)23-10-13(16(24)11-23)9-12-6-8-22-15-4-2-1-3-14(12)15/h1-4,6,8,13,16,24H,5,7,9-11H2/t13-,16+/m1/s1. The first-order chi connectivity index (χ1) is 11.8. The fraction of sp³-hybridized carbons (Fsp3) is 0.444. The maximum atomic E-state index is 12.3. The topological polar surface area (TPSA) is 53.4 Å². The lowest BCUT2D eigenvalue weighted by Crippen LogP contribution is -2.30. The summed E-state index contributed by atoms with van der Waals surface area (Å²) in [6, 6.07) is 9.53. The Hall–Kier alpha value is -2.15. The van der Waals surface area contributed by atoms with E-state index < -0.39 is 31.0 Å². The van der Waals surface area contributed by atoms with Crippen molar-refractivity contribution < 1.29 is 23.1 Å². The number of β-amino-alcohol motifs (C(OH)–C–C–N with tert-alkyl or cyclic N) is 1. The maximum absolute atomic E-state index is 12.3. The zero-order valence-electron chi connectivity index (χ0n) is 13.5. The zero-order valence-corrected chi connectivity index (χ0v) is 13.5. The van der Waals surface area contributed by atoms with Gasteiger partial charge >= 0.3 is 6.18 Å². The lowest BCUT2D eigenvalue weighted by Gasteiger charge is -2.17. The quantitative estimate of drug-likeness (QED) is 0.921. The number of hydrogen-bond donors (Lipinski definition) is 1. The summed E-state index contributed by atoms with van der Waals surface area (Å²) in [7, 11) is 0. The minimum absolute atomic E-state index is 0.0877. The molecular weight excluding hydrogens is 333 g/mol. The van der Waals surface area contributed by atoms with E-state index in [2.05, 4.69) is 4.98 Å². The molecule has 0 bridgehead atoms. The monoisotopic (exact) mass is 352 g/mol. The number of rotatable bonds is 4. The molecule has 25 heavy (non-hydrogen) atoms. The maximum Gasteiger partial charge on any atom is 0.389 e. The average Bonchev–Trinajstić information content (AvgIpc) is 2.93. The Morgan fingerprint density at radius 1 is 1.24 bits per heavy atom. The molecule has 134 valence electrons. The number of aromatic nitrogens is 1. The molecule has 0 spiro atoms. The summed E-state index contributed by atoms with van der Waals surface area (Å²) in [6.45, 7) is 0.360. The van der Waals surface area contributed by atoms with Crippen LogP contribution in [0.4, 0.5) is 13.2 Å². The Bertz CT molecular complexity index is 758. The summed E-state index contributed by atoms with van der Waals surface area (Å²) in [5, 5.41) is 11.2. The second-order valence-electron chi connectivity index (χ2n) is 6.43. The van der Waals surface area contributed by atoms with Gasteiger partial charge in [0.1, 0.15) is 0 Å². The van der Waals surface area contributed by atoms with Crippen LogP contribution >= 0.6 is 0 Å². The highest BCUT2D eigenvalue weighted by molar-refractivity contribution is 5.82. The number of halogens is 3. The largest absolute Gasteiger partial charge is 0.391 e. The third-order valence-electron chi connectivity index (χ3n) is 4.60. The molecule has 1 fully saturated rings. The average molecular weight is 352 g/mol. The first-order valence-electron chi connectivity index (χ1n) is 8.19. The highest BCUT2D eigenvalue weighted by Gasteiger charge is 2.36. The molecule has 1 aliphatic rings. The van der Waals surface area contributed by atoms with Gasteiger partial charge in [-0.1, -0.05) is 18.2 Å². The molecule has 1 aromatic heterocycles. The van der Waals surface area contributed by atoms with Crippen molar-refractivity contribution in [2.45, 2.75) is 31.5 Å². The van der Waals surface area contributed by atoms with Gasteiger partial charge in [-0.15, -0.1) is 0 Å². The highest BCUT2D eigenvalue weighted by atomic mass is 19.4. The summed E-state index contributed by atoms with van der Waals surface area (Å²) in [5.74, 6) is -0.751. The Morgan fingerprint density at radius 2 is 2.00 bits per heavy atom. The predicted octanol–water partition coefficient (Wildman–Crippen LogP) is 2.94. The number of nitrogens with zero attached hydrogens (tertiary/aromatic N) is 2. The van der Waals surface area contributed by atoms with Crippen LogP contribution in [0.2, 0.25) is 0 Å². The fourth-order valence-electron chi connectivity index (χ4n) is 3.28. The summed E-state index contributed by atoms with van der Waals surface area (Å²) >= 11 is 0. The van der Waals surface area contributed by atoms with E-state index in [1.807, 2.05) is 30.3 Å². The van der Waals surface area contributed by atoms with Crippen molar-refractivity contribution in [3.63, 3.8) is 0 Å². The number of amides is 1. The van der Waals surface area contributed by atoms with Gasteiger partial charge in [0.15, 0.2) is 0 Å². The van der Waals surface area contributed by atoms with Crippen LogP contribution in [0.3, 0.4) is 0 Å². The number of fused-ring (bicyclic) bond motifs is 1. The molecular formula is C18H19F3N2O2. The number of benzene rings is 1. The lowest BCUT2D eigenvalue weighted by atomic mass is 9.94. The van der Waals surface area contributed by atoms with Gasteiger partial charge in [0.05, 0.1) is 18.0 Å². The molecule has 1 saturated heterocycles. The third-order valence-corrected chi connectivity index (χ3v) is 4.60. The molecule has 2 aromatic rings. The highest BCUT2D eigenvalue weighted by Crippen LogP contribution is 2.27. The molecule has 1 aliphatic heterocycles. The van der Waals surface area contributed by atoms with Crippen molar-refractivity contribution in [2.24, 2.45) is 5.92 Å². The predicted molar refractivity (Wildman–Crippen MR) is 86.8 cm³/mol. The second-order valence-corrected chi connectivity index (χ2v) is 6.43. The van der Waals surface area contributed by atoms with Gasteiger partial charge in [0.2, 0.25) is 5.91 Å². The number of hydrogen-bond acceptors (Lipinski definition) is 3. The van der Waals surface area contributed by atoms with Crippen LogP contribution in [-0.2, 0) is 11.2 Å². The minimum Gasteiger partial charge on any atom is -0.391 e. The van der Waals surface area contributed by atoms with Crippen molar-refractivity contribution in [2.75, 3.05) is 13.1 Å². The molecule has 1 amide bonds. The third kappa shape index (κ3) is 4.28. The molecule has 2 atom stereocenters. The SMILES string of the molecule is O=C(CCC(F)(F)F)N1C[C@@H](Cc2ccnc3ccccc23)[C@@H](O)C1. The molecule has 1 N–H and O–H groups in total. The van der Waals surface area contributed by atoms with Crippen molar-refractivity contribution in [1.29, 1.82) is 0 Å². The van der Waals surface area contributed by atoms with Crippen molar-refractivity contribution in [3.05, 3.63) is 42.1 Å². The number of likely N-dealkylation sites (tertiary alicyclic amines) is 1. The van der Waals surface area contributed by atoms with E-state index in [4.69, 9.17) is 0 Å². The number of alkyl halides is 3. The molecule has 0 unspecified atom stereocenters. The molecule has 2 heterocycles. The van der Waals surface area contributed by atoms with Gasteiger partial charge in [-0.05, 0) is 24.1 Å². The van der Waals surface area contributed by atoms with E-state index in [1.165, 1.54) is 4.90 Å². The van der Waals surface area contributed by atoms with Gasteiger partial charge in [0, 0.05) is 37.0 Å². The molecule has 7 heteroatoms. The number of para-hydroxylation sites is 1. The molecule has 0 saturated carbocycles. The van der Waals surface area contributed by atoms with E-state index in [9.17, 15) is 23.1 Å². The van der Waals surface area contributed by atoms with E-state index in [-0.39, 0.29) is 19.0 Å². The van der Waals surface area contributed by atoms with Crippen LogP contribution < -0.4 is 0 Å². The Morgan fingerprint density at radius 3 is 2.76 bits per heavy atom. The van der Waals surface area contributed by atoms with Crippen LogP contribution in [0.5, 0.6) is 0 Å². The molecule has 0 radical (unpaired) electrons. The molecule has 3 rings (SSSR count). The van der Waals surface area contributed by atoms with E-state index in [0.717, 1.165) is 16.5 Å². The van der Waals surface area contributed by atoms with Gasteiger partial charge in [-0.2, -0.15) is 13.2 Å². The van der Waals surface area contributed by atoms with Crippen molar-refractivity contribution >= 4 is 16.8 Å². The van der Waals surface area contributed by atoms with Crippen LogP contribution in [-0.4, -0.2) is 46.3 Å². The summed E-state index contributed by atoms with van der Waals surface area (Å²) in [4.78, 5) is 17.6. The fourth-order valence-corrected chi connectivity index (χ4v) is 3.28. The summed E-state index contributed by atoms with van der Waals surface area (Å²) in [6.07, 6.45) is -4.53. The van der Waals surface area contributed by atoms with Gasteiger partial charge in [0.25, 0.3) is 0 Å². The minimum atomic E-state index is -4.34. The number of carbonyl (C=O) groups is 1.